The number of hydrogen-bond donors (Lipinski definition) is 0. The van der Waals surface area contributed by atoms with E-state index in [-0.39, 0.29) is 19.3 Å². The van der Waals surface area contributed by atoms with Crippen LogP contribution in [-0.4, -0.2) is 26.2 Å². The fourth-order valence-electron chi connectivity index (χ4n) is 1.41. The zero-order chi connectivity index (χ0) is 11.7. The van der Waals surface area contributed by atoms with Crippen molar-refractivity contribution in [2.24, 2.45) is 0 Å². The van der Waals surface area contributed by atoms with Crippen LogP contribution in [-0.2, 0) is 14.3 Å². The van der Waals surface area contributed by atoms with Gasteiger partial charge in [-0.1, -0.05) is 0 Å². The first kappa shape index (κ1) is 12.7. The van der Waals surface area contributed by atoms with E-state index >= 15 is 0 Å². The SMILES string of the molecule is O=S(=O)(OC1CCCC(F)C1)C(F)(F)F. The van der Waals surface area contributed by atoms with Crippen molar-refractivity contribution in [1.29, 1.82) is 0 Å². The molecule has 1 rings (SSSR count). The Kier molecular flexibility index (Phi) is 3.59. The Bertz CT molecular complexity index is 311. The van der Waals surface area contributed by atoms with Gasteiger partial charge in [-0.15, -0.1) is 0 Å². The second-order valence-electron chi connectivity index (χ2n) is 3.38. The minimum Gasteiger partial charge on any atom is -0.260 e. The zero-order valence-corrected chi connectivity index (χ0v) is 8.44. The summed E-state index contributed by atoms with van der Waals surface area (Å²) in [6.07, 6.45) is -2.07. The van der Waals surface area contributed by atoms with Crippen molar-refractivity contribution in [3.05, 3.63) is 0 Å². The summed E-state index contributed by atoms with van der Waals surface area (Å²) in [5.74, 6) is 0. The third-order valence-corrected chi connectivity index (χ3v) is 3.20. The molecular formula is C7H10F4O3S. The fraction of sp³-hybridized carbons (Fsp3) is 1.00. The molecule has 0 aromatic heterocycles. The maximum Gasteiger partial charge on any atom is 0.523 e. The fourth-order valence-corrected chi connectivity index (χ4v) is 2.05. The molecule has 2 atom stereocenters. The molecule has 1 aliphatic carbocycles. The standard InChI is InChI=1S/C7H10F4O3S/c8-5-2-1-3-6(4-5)14-15(12,13)7(9,10)11/h5-6H,1-4H2. The highest BCUT2D eigenvalue weighted by molar-refractivity contribution is 7.87. The predicted molar refractivity (Wildman–Crippen MR) is 43.2 cm³/mol. The molecule has 1 aliphatic rings. The quantitative estimate of drug-likeness (QED) is 0.428. The van der Waals surface area contributed by atoms with E-state index < -0.39 is 27.9 Å². The molecule has 1 fully saturated rings. The molecule has 0 aliphatic heterocycles. The van der Waals surface area contributed by atoms with Gasteiger partial charge in [-0.25, -0.2) is 4.39 Å². The molecule has 0 aromatic carbocycles. The van der Waals surface area contributed by atoms with Gasteiger partial charge in [-0.3, -0.25) is 4.18 Å². The highest BCUT2D eigenvalue weighted by Gasteiger charge is 2.48. The van der Waals surface area contributed by atoms with Crippen molar-refractivity contribution in [2.45, 2.75) is 43.5 Å². The summed E-state index contributed by atoms with van der Waals surface area (Å²) in [5.41, 5.74) is -5.43. The van der Waals surface area contributed by atoms with E-state index in [0.717, 1.165) is 0 Å². The molecule has 2 unspecified atom stereocenters. The third-order valence-electron chi connectivity index (χ3n) is 2.11. The van der Waals surface area contributed by atoms with Crippen LogP contribution in [0.4, 0.5) is 17.6 Å². The van der Waals surface area contributed by atoms with Crippen LogP contribution in [0, 0.1) is 0 Å². The summed E-state index contributed by atoms with van der Waals surface area (Å²) < 4.78 is 73.4. The van der Waals surface area contributed by atoms with Crippen LogP contribution >= 0.6 is 0 Å². The van der Waals surface area contributed by atoms with E-state index in [2.05, 4.69) is 4.18 Å². The Balaban J connectivity index is 2.62. The van der Waals surface area contributed by atoms with E-state index in [4.69, 9.17) is 0 Å². The minimum absolute atomic E-state index is 0.135. The van der Waals surface area contributed by atoms with Gasteiger partial charge < -0.3 is 0 Å². The van der Waals surface area contributed by atoms with E-state index in [9.17, 15) is 26.0 Å². The van der Waals surface area contributed by atoms with Gasteiger partial charge in [0, 0.05) is 6.42 Å². The molecule has 3 nitrogen and oxygen atoms in total. The molecule has 0 amide bonds. The summed E-state index contributed by atoms with van der Waals surface area (Å²) >= 11 is 0. The first-order chi connectivity index (χ1) is 6.72. The Hall–Kier alpha value is -0.370. The van der Waals surface area contributed by atoms with Crippen LogP contribution < -0.4 is 0 Å². The number of hydrogen-bond acceptors (Lipinski definition) is 3. The lowest BCUT2D eigenvalue weighted by molar-refractivity contribution is -0.0596. The van der Waals surface area contributed by atoms with E-state index in [0.29, 0.717) is 6.42 Å². The molecular weight excluding hydrogens is 240 g/mol. The van der Waals surface area contributed by atoms with Crippen LogP contribution in [0.25, 0.3) is 0 Å². The molecule has 0 radical (unpaired) electrons. The average molecular weight is 250 g/mol. The molecule has 90 valence electrons. The second kappa shape index (κ2) is 4.25. The summed E-state index contributed by atoms with van der Waals surface area (Å²) in [4.78, 5) is 0. The minimum atomic E-state index is -5.59. The number of alkyl halides is 4. The van der Waals surface area contributed by atoms with Crippen molar-refractivity contribution in [1.82, 2.24) is 0 Å². The second-order valence-corrected chi connectivity index (χ2v) is 4.95. The summed E-state index contributed by atoms with van der Waals surface area (Å²) in [7, 11) is -5.59. The van der Waals surface area contributed by atoms with Gasteiger partial charge in [0.15, 0.2) is 0 Å². The van der Waals surface area contributed by atoms with Gasteiger partial charge in [0.1, 0.15) is 6.17 Å². The Labute approximate surface area is 84.5 Å². The summed E-state index contributed by atoms with van der Waals surface area (Å²) in [6.45, 7) is 0. The van der Waals surface area contributed by atoms with Crippen LogP contribution in [0.15, 0.2) is 0 Å². The molecule has 0 aromatic rings. The largest absolute Gasteiger partial charge is 0.523 e. The predicted octanol–water partition coefficient (Wildman–Crippen LogP) is 2.13. The summed E-state index contributed by atoms with van der Waals surface area (Å²) in [5, 5.41) is 0. The van der Waals surface area contributed by atoms with Crippen LogP contribution in [0.1, 0.15) is 25.7 Å². The smallest absolute Gasteiger partial charge is 0.260 e. The van der Waals surface area contributed by atoms with Crippen molar-refractivity contribution in [2.75, 3.05) is 0 Å². The summed E-state index contributed by atoms with van der Waals surface area (Å²) in [6, 6.07) is 0. The molecule has 0 heterocycles. The monoisotopic (exact) mass is 250 g/mol. The van der Waals surface area contributed by atoms with Gasteiger partial charge in [0.05, 0.1) is 6.10 Å². The molecule has 0 saturated heterocycles. The van der Waals surface area contributed by atoms with Crippen molar-refractivity contribution >= 4 is 10.1 Å². The molecule has 8 heteroatoms. The first-order valence-electron chi connectivity index (χ1n) is 4.36. The van der Waals surface area contributed by atoms with Crippen molar-refractivity contribution < 1.29 is 30.2 Å². The highest BCUT2D eigenvalue weighted by Crippen LogP contribution is 2.30. The van der Waals surface area contributed by atoms with Crippen molar-refractivity contribution in [3.8, 4) is 0 Å². The third kappa shape index (κ3) is 3.30. The lowest BCUT2D eigenvalue weighted by Gasteiger charge is -2.24. The Morgan fingerprint density at radius 2 is 1.80 bits per heavy atom. The maximum absolute atomic E-state index is 12.7. The van der Waals surface area contributed by atoms with E-state index in [1.165, 1.54) is 0 Å². The van der Waals surface area contributed by atoms with Crippen LogP contribution in [0.5, 0.6) is 0 Å². The Morgan fingerprint density at radius 1 is 1.20 bits per heavy atom. The van der Waals surface area contributed by atoms with Gasteiger partial charge >= 0.3 is 15.6 Å². The Morgan fingerprint density at radius 3 is 2.27 bits per heavy atom. The van der Waals surface area contributed by atoms with Gasteiger partial charge in [0.2, 0.25) is 0 Å². The van der Waals surface area contributed by atoms with Crippen LogP contribution in [0.2, 0.25) is 0 Å². The normalized spacial score (nSPS) is 29.1. The topological polar surface area (TPSA) is 43.4 Å². The number of rotatable bonds is 2. The van der Waals surface area contributed by atoms with Gasteiger partial charge in [0.25, 0.3) is 0 Å². The maximum atomic E-state index is 12.7. The van der Waals surface area contributed by atoms with E-state index in [1.807, 2.05) is 0 Å². The first-order valence-corrected chi connectivity index (χ1v) is 5.77. The molecule has 0 spiro atoms. The lowest BCUT2D eigenvalue weighted by Crippen LogP contribution is -2.33. The molecule has 0 bridgehead atoms. The van der Waals surface area contributed by atoms with Crippen LogP contribution in [0.3, 0.4) is 0 Å². The lowest BCUT2D eigenvalue weighted by atomic mass is 9.96. The number of halogens is 4. The van der Waals surface area contributed by atoms with Crippen molar-refractivity contribution in [3.63, 3.8) is 0 Å². The molecule has 0 N–H and O–H groups in total. The molecule has 1 saturated carbocycles. The van der Waals surface area contributed by atoms with Gasteiger partial charge in [-0.2, -0.15) is 21.6 Å². The zero-order valence-electron chi connectivity index (χ0n) is 7.63. The average Bonchev–Trinajstić information content (AvgIpc) is 2.00. The molecule has 15 heavy (non-hydrogen) atoms. The highest BCUT2D eigenvalue weighted by atomic mass is 32.2. The van der Waals surface area contributed by atoms with E-state index in [1.54, 1.807) is 0 Å². The van der Waals surface area contributed by atoms with Gasteiger partial charge in [-0.05, 0) is 19.3 Å².